The zero-order chi connectivity index (χ0) is 24.2. The topological polar surface area (TPSA) is 70.6 Å². The van der Waals surface area contributed by atoms with Crippen molar-refractivity contribution in [3.8, 4) is 5.75 Å². The van der Waals surface area contributed by atoms with Gasteiger partial charge in [0.2, 0.25) is 5.91 Å². The van der Waals surface area contributed by atoms with Gasteiger partial charge in [0.1, 0.15) is 17.4 Å². The van der Waals surface area contributed by atoms with E-state index in [1.54, 1.807) is 0 Å². The first-order valence-electron chi connectivity index (χ1n) is 11.4. The molecule has 1 aliphatic rings. The second kappa shape index (κ2) is 10.6. The average Bonchev–Trinajstić information content (AvgIpc) is 2.69. The summed E-state index contributed by atoms with van der Waals surface area (Å²) in [4.78, 5) is 11.7. The normalized spacial score (nSPS) is 17.6. The summed E-state index contributed by atoms with van der Waals surface area (Å²) in [7, 11) is 0. The van der Waals surface area contributed by atoms with Crippen molar-refractivity contribution in [2.75, 3.05) is 13.2 Å². The molecule has 2 aromatic rings. The third-order valence-electron chi connectivity index (χ3n) is 5.65. The molecular weight excluding hydrogens is 426 g/mol. The number of ether oxygens (including phenoxy) is 1. The smallest absolute Gasteiger partial charge is 0.217 e. The van der Waals surface area contributed by atoms with Crippen LogP contribution in [-0.4, -0.2) is 36.3 Å². The van der Waals surface area contributed by atoms with Crippen LogP contribution in [0.3, 0.4) is 0 Å². The Kier molecular flexibility index (Phi) is 8.08. The lowest BCUT2D eigenvalue weighted by Gasteiger charge is -2.30. The summed E-state index contributed by atoms with van der Waals surface area (Å²) in [6, 6.07) is 8.77. The molecule has 180 valence electrons. The van der Waals surface area contributed by atoms with Crippen LogP contribution in [0, 0.1) is 17.0 Å². The van der Waals surface area contributed by atoms with E-state index in [0.717, 1.165) is 30.2 Å². The predicted molar refractivity (Wildman–Crippen MR) is 124 cm³/mol. The Morgan fingerprint density at radius 1 is 1.15 bits per heavy atom. The van der Waals surface area contributed by atoms with Crippen LogP contribution < -0.4 is 15.4 Å². The Balaban J connectivity index is 1.70. The van der Waals surface area contributed by atoms with Gasteiger partial charge in [-0.1, -0.05) is 32.9 Å². The molecular formula is C26H34F2N2O3. The Hall–Kier alpha value is -2.51. The number of nitrogens with one attached hydrogen (secondary N) is 2. The highest BCUT2D eigenvalue weighted by Crippen LogP contribution is 2.34. The van der Waals surface area contributed by atoms with Crippen molar-refractivity contribution in [2.24, 2.45) is 5.41 Å². The first-order valence-corrected chi connectivity index (χ1v) is 11.4. The zero-order valence-electron chi connectivity index (χ0n) is 19.8. The minimum Gasteiger partial charge on any atom is -0.493 e. The summed E-state index contributed by atoms with van der Waals surface area (Å²) in [5.74, 6) is -0.869. The van der Waals surface area contributed by atoms with Crippen molar-refractivity contribution < 1.29 is 23.4 Å². The first kappa shape index (κ1) is 25.1. The van der Waals surface area contributed by atoms with Gasteiger partial charge >= 0.3 is 0 Å². The van der Waals surface area contributed by atoms with Crippen molar-refractivity contribution >= 4 is 5.91 Å². The Morgan fingerprint density at radius 3 is 2.48 bits per heavy atom. The number of fused-ring (bicyclic) bond motifs is 1. The van der Waals surface area contributed by atoms with E-state index in [-0.39, 0.29) is 30.3 Å². The van der Waals surface area contributed by atoms with Gasteiger partial charge in [-0.25, -0.2) is 8.78 Å². The van der Waals surface area contributed by atoms with Gasteiger partial charge in [-0.3, -0.25) is 4.79 Å². The van der Waals surface area contributed by atoms with Crippen molar-refractivity contribution in [1.82, 2.24) is 10.6 Å². The van der Waals surface area contributed by atoms with Gasteiger partial charge in [-0.15, -0.1) is 0 Å². The minimum absolute atomic E-state index is 0.00656. The highest BCUT2D eigenvalue weighted by atomic mass is 19.1. The number of rotatable bonds is 8. The lowest BCUT2D eigenvalue weighted by Crippen LogP contribution is -2.48. The first-order chi connectivity index (χ1) is 15.5. The third-order valence-corrected chi connectivity index (χ3v) is 5.65. The number of hydrogen-bond acceptors (Lipinski definition) is 4. The third kappa shape index (κ3) is 7.51. The molecule has 7 heteroatoms. The second-order valence-electron chi connectivity index (χ2n) is 10.1. The standard InChI is InChI=1S/C26H34F2N2O3/c1-16(31)30-23(12-18-9-19(27)13-20(28)10-18)24(32)15-29-22-7-8-33-25-6-5-17(11-21(22)25)14-26(2,3)4/h5-6,9-11,13,22-24,29,32H,7-8,12,14-15H2,1-4H3,(H,30,31)/t22?,23-,24+/m0/s1. The fourth-order valence-electron chi connectivity index (χ4n) is 4.31. The summed E-state index contributed by atoms with van der Waals surface area (Å²) < 4.78 is 33.0. The maximum Gasteiger partial charge on any atom is 0.217 e. The van der Waals surface area contributed by atoms with Gasteiger partial charge < -0.3 is 20.5 Å². The molecule has 2 aromatic carbocycles. The van der Waals surface area contributed by atoms with Crippen molar-refractivity contribution in [1.29, 1.82) is 0 Å². The second-order valence-corrected chi connectivity index (χ2v) is 10.1. The van der Waals surface area contributed by atoms with Gasteiger partial charge in [0.15, 0.2) is 0 Å². The van der Waals surface area contributed by atoms with Gasteiger partial charge in [0.05, 0.1) is 18.8 Å². The number of hydrogen-bond donors (Lipinski definition) is 3. The van der Waals surface area contributed by atoms with E-state index in [1.165, 1.54) is 24.6 Å². The molecule has 0 aliphatic carbocycles. The Morgan fingerprint density at radius 2 is 1.85 bits per heavy atom. The van der Waals surface area contributed by atoms with E-state index in [9.17, 15) is 18.7 Å². The minimum atomic E-state index is -0.954. The summed E-state index contributed by atoms with van der Waals surface area (Å²) in [5, 5.41) is 17.0. The summed E-state index contributed by atoms with van der Waals surface area (Å²) in [6.07, 6.45) is 0.838. The Labute approximate surface area is 194 Å². The van der Waals surface area contributed by atoms with Crippen molar-refractivity contribution in [2.45, 2.75) is 65.1 Å². The summed E-state index contributed by atoms with van der Waals surface area (Å²) in [5.41, 5.74) is 2.81. The molecule has 3 rings (SSSR count). The molecule has 3 N–H and O–H groups in total. The highest BCUT2D eigenvalue weighted by Gasteiger charge is 2.26. The number of carbonyl (C=O) groups is 1. The van der Waals surface area contributed by atoms with Crippen LogP contribution >= 0.6 is 0 Å². The molecule has 0 radical (unpaired) electrons. The van der Waals surface area contributed by atoms with Gasteiger partial charge in [-0.05, 0) is 47.6 Å². The van der Waals surface area contributed by atoms with E-state index in [1.807, 2.05) is 6.07 Å². The summed E-state index contributed by atoms with van der Waals surface area (Å²) >= 11 is 0. The van der Waals surface area contributed by atoms with Crippen LogP contribution in [0.4, 0.5) is 8.78 Å². The van der Waals surface area contributed by atoms with E-state index >= 15 is 0 Å². The maximum absolute atomic E-state index is 13.6. The van der Waals surface area contributed by atoms with Crippen LogP contribution in [-0.2, 0) is 17.6 Å². The van der Waals surface area contributed by atoms with Crippen LogP contribution in [0.1, 0.15) is 56.8 Å². The fraction of sp³-hybridized carbons (Fsp3) is 0.500. The van der Waals surface area contributed by atoms with Crippen molar-refractivity contribution in [3.05, 3.63) is 64.7 Å². The molecule has 0 bridgehead atoms. The largest absolute Gasteiger partial charge is 0.493 e. The van der Waals surface area contributed by atoms with Crippen LogP contribution in [0.5, 0.6) is 5.75 Å². The van der Waals surface area contributed by atoms with Gasteiger partial charge in [-0.2, -0.15) is 0 Å². The van der Waals surface area contributed by atoms with Crippen LogP contribution in [0.2, 0.25) is 0 Å². The number of carbonyl (C=O) groups excluding carboxylic acids is 1. The average molecular weight is 461 g/mol. The molecule has 1 amide bonds. The predicted octanol–water partition coefficient (Wildman–Crippen LogP) is 4.07. The number of benzene rings is 2. The lowest BCUT2D eigenvalue weighted by atomic mass is 9.86. The SMILES string of the molecule is CC(=O)N[C@@H](Cc1cc(F)cc(F)c1)[C@H](O)CNC1CCOc2ccc(CC(C)(C)C)cc21. The quantitative estimate of drug-likeness (QED) is 0.555. The van der Waals surface area contributed by atoms with Crippen LogP contribution in [0.15, 0.2) is 36.4 Å². The number of aliphatic hydroxyl groups excluding tert-OH is 1. The lowest BCUT2D eigenvalue weighted by molar-refractivity contribution is -0.120. The molecule has 0 aromatic heterocycles. The summed E-state index contributed by atoms with van der Waals surface area (Å²) in [6.45, 7) is 8.71. The highest BCUT2D eigenvalue weighted by molar-refractivity contribution is 5.73. The van der Waals surface area contributed by atoms with E-state index < -0.39 is 23.8 Å². The zero-order valence-corrected chi connectivity index (χ0v) is 19.8. The number of aliphatic hydroxyl groups is 1. The fourth-order valence-corrected chi connectivity index (χ4v) is 4.31. The van der Waals surface area contributed by atoms with Crippen LogP contribution in [0.25, 0.3) is 0 Å². The van der Waals surface area contributed by atoms with Gasteiger partial charge in [0.25, 0.3) is 0 Å². The molecule has 1 heterocycles. The number of halogens is 2. The number of amides is 1. The van der Waals surface area contributed by atoms with E-state index in [0.29, 0.717) is 12.2 Å². The van der Waals surface area contributed by atoms with Crippen molar-refractivity contribution in [3.63, 3.8) is 0 Å². The molecule has 0 spiro atoms. The molecule has 0 saturated heterocycles. The monoisotopic (exact) mass is 460 g/mol. The molecule has 1 aliphatic heterocycles. The molecule has 5 nitrogen and oxygen atoms in total. The van der Waals surface area contributed by atoms with E-state index in [2.05, 4.69) is 43.5 Å². The molecule has 0 saturated carbocycles. The molecule has 33 heavy (non-hydrogen) atoms. The Bertz CT molecular complexity index is 954. The maximum atomic E-state index is 13.6. The molecule has 1 unspecified atom stereocenters. The van der Waals surface area contributed by atoms with E-state index in [4.69, 9.17) is 4.74 Å². The molecule has 3 atom stereocenters. The van der Waals surface area contributed by atoms with Gasteiger partial charge in [0, 0.05) is 37.6 Å². The molecule has 0 fully saturated rings.